The van der Waals surface area contributed by atoms with Gasteiger partial charge in [0.2, 0.25) is 11.8 Å². The predicted octanol–water partition coefficient (Wildman–Crippen LogP) is 3.36. The molecule has 0 aliphatic carbocycles. The molecule has 0 spiro atoms. The summed E-state index contributed by atoms with van der Waals surface area (Å²) < 4.78 is 13.8. The maximum atomic E-state index is 13.8. The fourth-order valence-corrected chi connectivity index (χ4v) is 2.23. The molecule has 0 aromatic heterocycles. The van der Waals surface area contributed by atoms with Crippen LogP contribution < -0.4 is 16.0 Å². The number of benzene rings is 2. The molecule has 0 aliphatic heterocycles. The van der Waals surface area contributed by atoms with E-state index in [4.69, 9.17) is 16.9 Å². The highest BCUT2D eigenvalue weighted by molar-refractivity contribution is 6.32. The Bertz CT molecular complexity index is 864. The van der Waals surface area contributed by atoms with Crippen LogP contribution in [0.15, 0.2) is 36.4 Å². The number of carbonyl (C=O) groups excluding carboxylic acids is 2. The highest BCUT2D eigenvalue weighted by atomic mass is 35.5. The van der Waals surface area contributed by atoms with E-state index in [0.717, 1.165) is 0 Å². The number of carbonyl (C=O) groups is 2. The van der Waals surface area contributed by atoms with E-state index in [1.807, 2.05) is 6.07 Å². The van der Waals surface area contributed by atoms with E-state index in [-0.39, 0.29) is 23.2 Å². The summed E-state index contributed by atoms with van der Waals surface area (Å²) >= 11 is 5.89. The molecule has 0 bridgehead atoms. The number of amides is 2. The minimum absolute atomic E-state index is 0.0826. The monoisotopic (exact) mass is 360 g/mol. The van der Waals surface area contributed by atoms with Crippen LogP contribution >= 0.6 is 11.6 Å². The molecule has 0 radical (unpaired) electrons. The zero-order valence-electron chi connectivity index (χ0n) is 13.2. The van der Waals surface area contributed by atoms with Crippen molar-refractivity contribution in [3.8, 4) is 6.07 Å². The zero-order chi connectivity index (χ0) is 18.4. The molecule has 25 heavy (non-hydrogen) atoms. The van der Waals surface area contributed by atoms with E-state index >= 15 is 0 Å². The molecule has 0 fully saturated rings. The Labute approximate surface area is 148 Å². The summed E-state index contributed by atoms with van der Waals surface area (Å²) in [7, 11) is 0. The van der Waals surface area contributed by atoms with Crippen LogP contribution in [0, 0.1) is 17.1 Å². The molecule has 2 amide bonds. The first-order valence-corrected chi connectivity index (χ1v) is 7.57. The number of nitrogens with zero attached hydrogens (tertiary/aromatic N) is 1. The van der Waals surface area contributed by atoms with E-state index in [1.165, 1.54) is 37.3 Å². The summed E-state index contributed by atoms with van der Waals surface area (Å²) in [6.07, 6.45) is 0. The third-order valence-corrected chi connectivity index (χ3v) is 3.41. The average molecular weight is 361 g/mol. The molecular formula is C17H14ClFN4O2. The van der Waals surface area contributed by atoms with E-state index < -0.39 is 11.7 Å². The summed E-state index contributed by atoms with van der Waals surface area (Å²) in [5, 5.41) is 16.8. The summed E-state index contributed by atoms with van der Waals surface area (Å²) in [5.74, 6) is -1.26. The Morgan fingerprint density at radius 3 is 2.48 bits per heavy atom. The van der Waals surface area contributed by atoms with Gasteiger partial charge in [-0.3, -0.25) is 9.59 Å². The van der Waals surface area contributed by atoms with Gasteiger partial charge < -0.3 is 16.0 Å². The molecule has 0 heterocycles. The number of halogens is 2. The minimum Gasteiger partial charge on any atom is -0.374 e. The van der Waals surface area contributed by atoms with Crippen molar-refractivity contribution in [2.24, 2.45) is 0 Å². The predicted molar refractivity (Wildman–Crippen MR) is 94.0 cm³/mol. The molecule has 0 saturated carbocycles. The van der Waals surface area contributed by atoms with E-state index in [2.05, 4.69) is 16.0 Å². The topological polar surface area (TPSA) is 94.0 Å². The SMILES string of the molecule is CC(=O)Nc1ccc(F)c(NCC(=O)Nc2ccc(C#N)c(Cl)c2)c1. The molecular weight excluding hydrogens is 347 g/mol. The van der Waals surface area contributed by atoms with Gasteiger partial charge in [0.1, 0.15) is 11.9 Å². The molecule has 2 rings (SSSR count). The smallest absolute Gasteiger partial charge is 0.243 e. The number of nitriles is 1. The molecule has 0 aliphatic rings. The van der Waals surface area contributed by atoms with E-state index in [1.54, 1.807) is 6.07 Å². The van der Waals surface area contributed by atoms with Gasteiger partial charge in [0.15, 0.2) is 0 Å². The van der Waals surface area contributed by atoms with Crippen LogP contribution in [0.2, 0.25) is 5.02 Å². The van der Waals surface area contributed by atoms with Gasteiger partial charge in [-0.15, -0.1) is 0 Å². The third kappa shape index (κ3) is 5.19. The second-order valence-corrected chi connectivity index (χ2v) is 5.49. The number of nitrogens with one attached hydrogen (secondary N) is 3. The van der Waals surface area contributed by atoms with Crippen molar-refractivity contribution in [1.29, 1.82) is 5.26 Å². The fraction of sp³-hybridized carbons (Fsp3) is 0.118. The van der Waals surface area contributed by atoms with E-state index in [0.29, 0.717) is 16.9 Å². The van der Waals surface area contributed by atoms with Gasteiger partial charge in [-0.2, -0.15) is 5.26 Å². The van der Waals surface area contributed by atoms with E-state index in [9.17, 15) is 14.0 Å². The van der Waals surface area contributed by atoms with Crippen molar-refractivity contribution in [3.05, 3.63) is 52.8 Å². The van der Waals surface area contributed by atoms with Crippen LogP contribution in [-0.4, -0.2) is 18.4 Å². The Morgan fingerprint density at radius 1 is 1.16 bits per heavy atom. The Kier molecular flexibility index (Phi) is 5.93. The zero-order valence-corrected chi connectivity index (χ0v) is 13.9. The molecule has 8 heteroatoms. The molecule has 3 N–H and O–H groups in total. The molecule has 2 aromatic rings. The summed E-state index contributed by atoms with van der Waals surface area (Å²) in [4.78, 5) is 23.0. The van der Waals surface area contributed by atoms with Crippen molar-refractivity contribution >= 4 is 40.5 Å². The standard InChI is InChI=1S/C17H14ClFN4O2/c1-10(24)22-13-4-5-15(19)16(7-13)21-9-17(25)23-12-3-2-11(8-20)14(18)6-12/h2-7,21H,9H2,1H3,(H,22,24)(H,23,25). The van der Waals surface area contributed by atoms with Crippen LogP contribution in [0.4, 0.5) is 21.5 Å². The first-order valence-electron chi connectivity index (χ1n) is 7.19. The first kappa shape index (κ1) is 18.2. The first-order chi connectivity index (χ1) is 11.9. The normalized spacial score (nSPS) is 9.84. The average Bonchev–Trinajstić information content (AvgIpc) is 2.55. The highest BCUT2D eigenvalue weighted by Gasteiger charge is 2.08. The van der Waals surface area contributed by atoms with Crippen molar-refractivity contribution in [2.75, 3.05) is 22.5 Å². The molecule has 0 atom stereocenters. The maximum absolute atomic E-state index is 13.8. The summed E-state index contributed by atoms with van der Waals surface area (Å²) in [5.41, 5.74) is 1.22. The van der Waals surface area contributed by atoms with Gasteiger partial charge in [0, 0.05) is 18.3 Å². The Hall–Kier alpha value is -3.11. The summed E-state index contributed by atoms with van der Waals surface area (Å²) in [6, 6.07) is 10.4. The second-order valence-electron chi connectivity index (χ2n) is 5.08. The molecule has 2 aromatic carbocycles. The summed E-state index contributed by atoms with van der Waals surface area (Å²) in [6.45, 7) is 1.14. The van der Waals surface area contributed by atoms with Gasteiger partial charge in [-0.05, 0) is 36.4 Å². The lowest BCUT2D eigenvalue weighted by Gasteiger charge is -2.11. The Balaban J connectivity index is 1.99. The van der Waals surface area contributed by atoms with Crippen LogP contribution in [-0.2, 0) is 9.59 Å². The lowest BCUT2D eigenvalue weighted by molar-refractivity contribution is -0.115. The van der Waals surface area contributed by atoms with Crippen molar-refractivity contribution in [1.82, 2.24) is 0 Å². The van der Waals surface area contributed by atoms with Crippen molar-refractivity contribution in [3.63, 3.8) is 0 Å². The van der Waals surface area contributed by atoms with Gasteiger partial charge in [0.05, 0.1) is 22.8 Å². The number of rotatable bonds is 5. The molecule has 0 unspecified atom stereocenters. The van der Waals surface area contributed by atoms with Gasteiger partial charge in [0.25, 0.3) is 0 Å². The lowest BCUT2D eigenvalue weighted by atomic mass is 10.2. The fourth-order valence-electron chi connectivity index (χ4n) is 2.01. The van der Waals surface area contributed by atoms with Gasteiger partial charge in [-0.25, -0.2) is 4.39 Å². The van der Waals surface area contributed by atoms with Crippen LogP contribution in [0.3, 0.4) is 0 Å². The highest BCUT2D eigenvalue weighted by Crippen LogP contribution is 2.21. The van der Waals surface area contributed by atoms with Crippen molar-refractivity contribution in [2.45, 2.75) is 6.92 Å². The lowest BCUT2D eigenvalue weighted by Crippen LogP contribution is -2.22. The Morgan fingerprint density at radius 2 is 1.84 bits per heavy atom. The second kappa shape index (κ2) is 8.13. The quantitative estimate of drug-likeness (QED) is 0.762. The van der Waals surface area contributed by atoms with Gasteiger partial charge in [-0.1, -0.05) is 11.6 Å². The largest absolute Gasteiger partial charge is 0.374 e. The number of hydrogen-bond acceptors (Lipinski definition) is 4. The minimum atomic E-state index is -0.552. The van der Waals surface area contributed by atoms with Crippen LogP contribution in [0.25, 0.3) is 0 Å². The van der Waals surface area contributed by atoms with Crippen LogP contribution in [0.5, 0.6) is 0 Å². The number of hydrogen-bond donors (Lipinski definition) is 3. The molecule has 128 valence electrons. The van der Waals surface area contributed by atoms with Gasteiger partial charge >= 0.3 is 0 Å². The van der Waals surface area contributed by atoms with Crippen molar-refractivity contribution < 1.29 is 14.0 Å². The van der Waals surface area contributed by atoms with Crippen LogP contribution in [0.1, 0.15) is 12.5 Å². The maximum Gasteiger partial charge on any atom is 0.243 e. The third-order valence-electron chi connectivity index (χ3n) is 3.10. The number of anilines is 3. The molecule has 0 saturated heterocycles. The molecule has 6 nitrogen and oxygen atoms in total.